The quantitative estimate of drug-likeness (QED) is 0.526. The van der Waals surface area contributed by atoms with Crippen molar-refractivity contribution in [3.05, 3.63) is 65.2 Å². The standard InChI is InChI=1S/C25H32N2/c1-7-18(3)21-10-12-22(13-11-21)26-17-20-9-14-24-23(15-20)19(4)16-25(5,6)27(24)8-2/h9-18H,7-8H2,1-6H3. The molecule has 0 spiro atoms. The maximum absolute atomic E-state index is 4.69. The van der Waals surface area contributed by atoms with Gasteiger partial charge in [0.15, 0.2) is 0 Å². The third kappa shape index (κ3) is 4.00. The number of benzene rings is 2. The molecule has 2 aromatic carbocycles. The van der Waals surface area contributed by atoms with Gasteiger partial charge >= 0.3 is 0 Å². The third-order valence-corrected chi connectivity index (χ3v) is 5.76. The maximum atomic E-state index is 4.69. The zero-order valence-corrected chi connectivity index (χ0v) is 17.6. The van der Waals surface area contributed by atoms with Crippen LogP contribution in [0.3, 0.4) is 0 Å². The zero-order chi connectivity index (χ0) is 19.6. The molecule has 0 radical (unpaired) electrons. The molecule has 0 saturated carbocycles. The highest BCUT2D eigenvalue weighted by Crippen LogP contribution is 2.38. The molecular weight excluding hydrogens is 328 g/mol. The van der Waals surface area contributed by atoms with Crippen LogP contribution in [0.2, 0.25) is 0 Å². The van der Waals surface area contributed by atoms with E-state index in [0.717, 1.165) is 24.2 Å². The van der Waals surface area contributed by atoms with E-state index in [-0.39, 0.29) is 5.54 Å². The van der Waals surface area contributed by atoms with E-state index in [1.807, 2.05) is 6.21 Å². The van der Waals surface area contributed by atoms with Crippen molar-refractivity contribution in [3.63, 3.8) is 0 Å². The van der Waals surface area contributed by atoms with E-state index in [9.17, 15) is 0 Å². The van der Waals surface area contributed by atoms with Crippen LogP contribution >= 0.6 is 0 Å². The SMILES string of the molecule is CCC(C)c1ccc(N=Cc2ccc3c(c2)C(C)=CC(C)(C)N3CC)cc1. The normalized spacial score (nSPS) is 17.0. The summed E-state index contributed by atoms with van der Waals surface area (Å²) in [6.45, 7) is 14.5. The van der Waals surface area contributed by atoms with Gasteiger partial charge in [-0.15, -0.1) is 0 Å². The van der Waals surface area contributed by atoms with Crippen LogP contribution in [0.25, 0.3) is 5.57 Å². The lowest BCUT2D eigenvalue weighted by molar-refractivity contribution is 0.566. The first-order chi connectivity index (χ1) is 12.9. The molecule has 3 rings (SSSR count). The summed E-state index contributed by atoms with van der Waals surface area (Å²) in [4.78, 5) is 7.15. The van der Waals surface area contributed by atoms with Crippen LogP contribution in [0.4, 0.5) is 11.4 Å². The lowest BCUT2D eigenvalue weighted by Crippen LogP contribution is -2.44. The summed E-state index contributed by atoms with van der Waals surface area (Å²) in [5.41, 5.74) is 7.55. The van der Waals surface area contributed by atoms with E-state index < -0.39 is 0 Å². The predicted molar refractivity (Wildman–Crippen MR) is 120 cm³/mol. The molecule has 2 aromatic rings. The molecular formula is C25H32N2. The van der Waals surface area contributed by atoms with Crippen molar-refractivity contribution in [2.24, 2.45) is 4.99 Å². The number of hydrogen-bond acceptors (Lipinski definition) is 2. The minimum Gasteiger partial charge on any atom is -0.363 e. The molecule has 2 nitrogen and oxygen atoms in total. The van der Waals surface area contributed by atoms with Crippen molar-refractivity contribution in [3.8, 4) is 0 Å². The number of fused-ring (bicyclic) bond motifs is 1. The van der Waals surface area contributed by atoms with Crippen LogP contribution in [0.1, 0.15) is 70.6 Å². The Morgan fingerprint density at radius 2 is 1.78 bits per heavy atom. The van der Waals surface area contributed by atoms with Gasteiger partial charge in [0.25, 0.3) is 0 Å². The molecule has 0 bridgehead atoms. The summed E-state index contributed by atoms with van der Waals surface area (Å²) in [7, 11) is 0. The van der Waals surface area contributed by atoms with Gasteiger partial charge in [-0.05, 0) is 81.0 Å². The van der Waals surface area contributed by atoms with Crippen LogP contribution in [0.15, 0.2) is 53.5 Å². The Morgan fingerprint density at radius 1 is 1.07 bits per heavy atom. The number of rotatable bonds is 5. The number of hydrogen-bond donors (Lipinski definition) is 0. The van der Waals surface area contributed by atoms with E-state index in [4.69, 9.17) is 0 Å². The minimum atomic E-state index is 0.0544. The van der Waals surface area contributed by atoms with Crippen LogP contribution in [0, 0.1) is 0 Å². The average molecular weight is 361 g/mol. The van der Waals surface area contributed by atoms with Gasteiger partial charge in [0, 0.05) is 24.0 Å². The molecule has 1 aliphatic heterocycles. The fraction of sp³-hybridized carbons (Fsp3) is 0.400. The monoisotopic (exact) mass is 360 g/mol. The van der Waals surface area contributed by atoms with Gasteiger partial charge in [-0.2, -0.15) is 0 Å². The Hall–Kier alpha value is -2.35. The predicted octanol–water partition coefficient (Wildman–Crippen LogP) is 6.97. The van der Waals surface area contributed by atoms with Crippen molar-refractivity contribution in [1.29, 1.82) is 0 Å². The van der Waals surface area contributed by atoms with Gasteiger partial charge in [0.05, 0.1) is 11.2 Å². The Bertz CT molecular complexity index is 856. The number of aliphatic imine (C=N–C) groups is 1. The fourth-order valence-electron chi connectivity index (χ4n) is 4.03. The van der Waals surface area contributed by atoms with Gasteiger partial charge in [0.2, 0.25) is 0 Å². The topological polar surface area (TPSA) is 15.6 Å². The molecule has 0 N–H and O–H groups in total. The van der Waals surface area contributed by atoms with E-state index in [1.54, 1.807) is 0 Å². The van der Waals surface area contributed by atoms with E-state index in [2.05, 4.69) is 100.0 Å². The molecule has 1 heterocycles. The van der Waals surface area contributed by atoms with Crippen molar-refractivity contribution >= 4 is 23.2 Å². The molecule has 0 amide bonds. The molecule has 142 valence electrons. The molecule has 1 aliphatic rings. The van der Waals surface area contributed by atoms with Crippen molar-refractivity contribution in [2.45, 2.75) is 59.4 Å². The summed E-state index contributed by atoms with van der Waals surface area (Å²) in [6, 6.07) is 15.3. The van der Waals surface area contributed by atoms with Crippen molar-refractivity contribution in [2.75, 3.05) is 11.4 Å². The van der Waals surface area contributed by atoms with E-state index >= 15 is 0 Å². The third-order valence-electron chi connectivity index (χ3n) is 5.76. The van der Waals surface area contributed by atoms with Crippen LogP contribution < -0.4 is 4.90 Å². The minimum absolute atomic E-state index is 0.0544. The molecule has 0 aliphatic carbocycles. The lowest BCUT2D eigenvalue weighted by atomic mass is 9.88. The highest BCUT2D eigenvalue weighted by molar-refractivity contribution is 5.88. The van der Waals surface area contributed by atoms with Crippen molar-refractivity contribution in [1.82, 2.24) is 0 Å². The Kier molecular flexibility index (Phi) is 5.55. The summed E-state index contributed by atoms with van der Waals surface area (Å²) in [5.74, 6) is 0.601. The summed E-state index contributed by atoms with van der Waals surface area (Å²) < 4.78 is 0. The first kappa shape index (κ1) is 19.4. The van der Waals surface area contributed by atoms with E-state index in [1.165, 1.54) is 22.4 Å². The molecule has 2 heteroatoms. The highest BCUT2D eigenvalue weighted by Gasteiger charge is 2.29. The van der Waals surface area contributed by atoms with Crippen LogP contribution in [0.5, 0.6) is 0 Å². The Balaban J connectivity index is 1.85. The lowest BCUT2D eigenvalue weighted by Gasteiger charge is -2.42. The van der Waals surface area contributed by atoms with Gasteiger partial charge in [0.1, 0.15) is 0 Å². The van der Waals surface area contributed by atoms with Crippen molar-refractivity contribution < 1.29 is 0 Å². The van der Waals surface area contributed by atoms with E-state index in [0.29, 0.717) is 5.92 Å². The summed E-state index contributed by atoms with van der Waals surface area (Å²) in [5, 5.41) is 0. The molecule has 0 fully saturated rings. The largest absolute Gasteiger partial charge is 0.363 e. The molecule has 27 heavy (non-hydrogen) atoms. The number of anilines is 1. The summed E-state index contributed by atoms with van der Waals surface area (Å²) >= 11 is 0. The van der Waals surface area contributed by atoms with Gasteiger partial charge in [-0.3, -0.25) is 4.99 Å². The molecule has 0 saturated heterocycles. The molecule has 0 aromatic heterocycles. The first-order valence-corrected chi connectivity index (χ1v) is 10.1. The fourth-order valence-corrected chi connectivity index (χ4v) is 4.03. The van der Waals surface area contributed by atoms with Crippen LogP contribution in [-0.4, -0.2) is 18.3 Å². The van der Waals surface area contributed by atoms with Gasteiger partial charge in [-0.1, -0.05) is 38.1 Å². The highest BCUT2D eigenvalue weighted by atomic mass is 15.2. The Labute approximate surface area is 164 Å². The zero-order valence-electron chi connectivity index (χ0n) is 17.6. The summed E-state index contributed by atoms with van der Waals surface area (Å²) in [6.07, 6.45) is 5.51. The molecule has 1 atom stereocenters. The smallest absolute Gasteiger partial charge is 0.0630 e. The second-order valence-electron chi connectivity index (χ2n) is 8.16. The van der Waals surface area contributed by atoms with Crippen LogP contribution in [-0.2, 0) is 0 Å². The second-order valence-corrected chi connectivity index (χ2v) is 8.16. The molecule has 1 unspecified atom stereocenters. The second kappa shape index (κ2) is 7.72. The van der Waals surface area contributed by atoms with Gasteiger partial charge in [-0.25, -0.2) is 0 Å². The average Bonchev–Trinajstić information content (AvgIpc) is 2.66. The Morgan fingerprint density at radius 3 is 2.41 bits per heavy atom. The number of likely N-dealkylation sites (N-methyl/N-ethyl adjacent to an activating group) is 1. The van der Waals surface area contributed by atoms with Gasteiger partial charge < -0.3 is 4.90 Å². The number of nitrogens with zero attached hydrogens (tertiary/aromatic N) is 2. The maximum Gasteiger partial charge on any atom is 0.0630 e. The first-order valence-electron chi connectivity index (χ1n) is 10.1. The number of allylic oxidation sites excluding steroid dienone is 1.